The Labute approximate surface area is 120 Å². The number of anilines is 2. The minimum absolute atomic E-state index is 0.0330. The summed E-state index contributed by atoms with van der Waals surface area (Å²) in [5, 5.41) is 0. The van der Waals surface area contributed by atoms with Crippen LogP contribution in [0.3, 0.4) is 0 Å². The molecule has 2 aromatic rings. The largest absolute Gasteiger partial charge is 0.398 e. The summed E-state index contributed by atoms with van der Waals surface area (Å²) in [5.74, 6) is 0. The molecule has 0 spiro atoms. The Morgan fingerprint density at radius 1 is 1.32 bits per heavy atom. The second-order valence-corrected chi connectivity index (χ2v) is 6.44. The molecule has 0 aliphatic heterocycles. The molecule has 3 N–H and O–H groups in total. The molecule has 0 aliphatic carbocycles. The van der Waals surface area contributed by atoms with Gasteiger partial charge in [-0.1, -0.05) is 22.0 Å². The number of nitrogens with one attached hydrogen (secondary N) is 1. The lowest BCUT2D eigenvalue weighted by molar-refractivity contribution is 0.601. The van der Waals surface area contributed by atoms with E-state index in [0.717, 1.165) is 10.0 Å². The quantitative estimate of drug-likeness (QED) is 0.898. The van der Waals surface area contributed by atoms with Crippen molar-refractivity contribution in [3.8, 4) is 0 Å². The van der Waals surface area contributed by atoms with Crippen LogP contribution in [0.5, 0.6) is 0 Å². The molecule has 0 saturated carbocycles. The van der Waals surface area contributed by atoms with E-state index in [1.165, 1.54) is 18.5 Å². The Balaban J connectivity index is 2.43. The average molecular weight is 342 g/mol. The minimum atomic E-state index is -3.74. The lowest BCUT2D eigenvalue weighted by atomic mass is 10.2. The maximum atomic E-state index is 12.2. The van der Waals surface area contributed by atoms with Crippen LogP contribution in [0.1, 0.15) is 5.56 Å². The number of sulfonamides is 1. The van der Waals surface area contributed by atoms with Crippen LogP contribution in [0.4, 0.5) is 11.4 Å². The van der Waals surface area contributed by atoms with Crippen molar-refractivity contribution in [2.24, 2.45) is 0 Å². The number of hydrogen-bond donors (Lipinski definition) is 2. The normalized spacial score (nSPS) is 11.3. The van der Waals surface area contributed by atoms with Gasteiger partial charge in [0.1, 0.15) is 4.90 Å². The van der Waals surface area contributed by atoms with Gasteiger partial charge in [-0.2, -0.15) is 0 Å². The van der Waals surface area contributed by atoms with E-state index in [4.69, 9.17) is 5.73 Å². The number of pyridine rings is 1. The topological polar surface area (TPSA) is 85.1 Å². The zero-order valence-corrected chi connectivity index (χ0v) is 12.5. The Bertz CT molecular complexity index is 717. The Hall–Kier alpha value is -1.60. The first kappa shape index (κ1) is 13.8. The van der Waals surface area contributed by atoms with Gasteiger partial charge in [0.25, 0.3) is 10.0 Å². The molecule has 5 nitrogen and oxygen atoms in total. The first-order valence-electron chi connectivity index (χ1n) is 5.39. The maximum Gasteiger partial charge on any atom is 0.265 e. The predicted molar refractivity (Wildman–Crippen MR) is 78.3 cm³/mol. The lowest BCUT2D eigenvalue weighted by Crippen LogP contribution is -2.15. The fourth-order valence-electron chi connectivity index (χ4n) is 1.53. The highest BCUT2D eigenvalue weighted by Crippen LogP contribution is 2.26. The molecule has 0 unspecified atom stereocenters. The molecule has 1 heterocycles. The fraction of sp³-hybridized carbons (Fsp3) is 0.0833. The molecule has 0 fully saturated rings. The number of rotatable bonds is 3. The van der Waals surface area contributed by atoms with Gasteiger partial charge in [-0.05, 0) is 30.7 Å². The van der Waals surface area contributed by atoms with E-state index in [1.807, 2.05) is 13.0 Å². The van der Waals surface area contributed by atoms with Crippen molar-refractivity contribution < 1.29 is 8.42 Å². The molecular weight excluding hydrogens is 330 g/mol. The van der Waals surface area contributed by atoms with E-state index in [0.29, 0.717) is 5.69 Å². The van der Waals surface area contributed by atoms with E-state index in [9.17, 15) is 8.42 Å². The SMILES string of the molecule is Cc1c(Br)cccc1NS(=O)(=O)c1cnccc1N. The molecule has 0 amide bonds. The molecule has 100 valence electrons. The second-order valence-electron chi connectivity index (χ2n) is 3.93. The Morgan fingerprint density at radius 2 is 2.05 bits per heavy atom. The number of nitrogen functional groups attached to an aromatic ring is 1. The standard InChI is InChI=1S/C12H12BrN3O2S/c1-8-9(13)3-2-4-11(8)16-19(17,18)12-7-15-6-5-10(12)14/h2-7,16H,1H3,(H2,14,15). The van der Waals surface area contributed by atoms with Crippen molar-refractivity contribution in [1.82, 2.24) is 4.98 Å². The summed E-state index contributed by atoms with van der Waals surface area (Å²) in [7, 11) is -3.74. The Kier molecular flexibility index (Phi) is 3.77. The van der Waals surface area contributed by atoms with Gasteiger partial charge >= 0.3 is 0 Å². The minimum Gasteiger partial charge on any atom is -0.398 e. The molecule has 0 saturated heterocycles. The van der Waals surface area contributed by atoms with E-state index >= 15 is 0 Å². The van der Waals surface area contributed by atoms with Crippen LogP contribution >= 0.6 is 15.9 Å². The molecule has 0 atom stereocenters. The average Bonchev–Trinajstić information content (AvgIpc) is 2.35. The zero-order chi connectivity index (χ0) is 14.0. The highest BCUT2D eigenvalue weighted by Gasteiger charge is 2.18. The lowest BCUT2D eigenvalue weighted by Gasteiger charge is -2.12. The maximum absolute atomic E-state index is 12.2. The third-order valence-corrected chi connectivity index (χ3v) is 4.89. The van der Waals surface area contributed by atoms with Crippen LogP contribution in [0.25, 0.3) is 0 Å². The molecule has 0 radical (unpaired) electrons. The first-order chi connectivity index (χ1) is 8.92. The van der Waals surface area contributed by atoms with E-state index in [2.05, 4.69) is 25.6 Å². The van der Waals surface area contributed by atoms with Crippen LogP contribution in [0, 0.1) is 6.92 Å². The molecule has 1 aromatic heterocycles. The Morgan fingerprint density at radius 3 is 2.74 bits per heavy atom. The molecule has 1 aromatic carbocycles. The number of benzene rings is 1. The van der Waals surface area contributed by atoms with Crippen molar-refractivity contribution >= 4 is 37.3 Å². The van der Waals surface area contributed by atoms with Gasteiger partial charge in [0.2, 0.25) is 0 Å². The van der Waals surface area contributed by atoms with Crippen molar-refractivity contribution in [2.75, 3.05) is 10.5 Å². The van der Waals surface area contributed by atoms with Gasteiger partial charge in [0.05, 0.1) is 11.4 Å². The summed E-state index contributed by atoms with van der Waals surface area (Å²) < 4.78 is 27.8. The van der Waals surface area contributed by atoms with Crippen LogP contribution in [-0.2, 0) is 10.0 Å². The van der Waals surface area contributed by atoms with Crippen molar-refractivity contribution in [3.05, 3.63) is 46.7 Å². The van der Waals surface area contributed by atoms with E-state index < -0.39 is 10.0 Å². The van der Waals surface area contributed by atoms with Crippen molar-refractivity contribution in [2.45, 2.75) is 11.8 Å². The molecule has 0 bridgehead atoms. The van der Waals surface area contributed by atoms with Gasteiger partial charge in [-0.15, -0.1) is 0 Å². The monoisotopic (exact) mass is 341 g/mol. The first-order valence-corrected chi connectivity index (χ1v) is 7.67. The second kappa shape index (κ2) is 5.18. The molecule has 19 heavy (non-hydrogen) atoms. The summed E-state index contributed by atoms with van der Waals surface area (Å²) in [5.41, 5.74) is 7.12. The van der Waals surface area contributed by atoms with Crippen LogP contribution in [0.15, 0.2) is 46.0 Å². The highest BCUT2D eigenvalue weighted by atomic mass is 79.9. The number of hydrogen-bond acceptors (Lipinski definition) is 4. The van der Waals surface area contributed by atoms with Crippen molar-refractivity contribution in [1.29, 1.82) is 0 Å². The van der Waals surface area contributed by atoms with Crippen LogP contribution in [0.2, 0.25) is 0 Å². The summed E-state index contributed by atoms with van der Waals surface area (Å²) in [6.07, 6.45) is 2.67. The molecule has 2 rings (SSSR count). The van der Waals surface area contributed by atoms with Gasteiger partial charge in [0, 0.05) is 16.9 Å². The van der Waals surface area contributed by atoms with E-state index in [-0.39, 0.29) is 10.6 Å². The van der Waals surface area contributed by atoms with Gasteiger partial charge in [-0.3, -0.25) is 9.71 Å². The predicted octanol–water partition coefficient (Wildman–Crippen LogP) is 2.54. The van der Waals surface area contributed by atoms with Crippen molar-refractivity contribution in [3.63, 3.8) is 0 Å². The molecule has 0 aliphatic rings. The smallest absolute Gasteiger partial charge is 0.265 e. The number of nitrogens with two attached hydrogens (primary N) is 1. The highest BCUT2D eigenvalue weighted by molar-refractivity contribution is 9.10. The summed E-state index contributed by atoms with van der Waals surface area (Å²) in [4.78, 5) is 3.75. The number of nitrogens with zero attached hydrogens (tertiary/aromatic N) is 1. The summed E-state index contributed by atoms with van der Waals surface area (Å²) in [6, 6.07) is 6.72. The summed E-state index contributed by atoms with van der Waals surface area (Å²) in [6.45, 7) is 1.81. The van der Waals surface area contributed by atoms with Crippen LogP contribution < -0.4 is 10.5 Å². The van der Waals surface area contributed by atoms with E-state index in [1.54, 1.807) is 12.1 Å². The third-order valence-electron chi connectivity index (χ3n) is 2.62. The molecule has 7 heteroatoms. The van der Waals surface area contributed by atoms with Gasteiger partial charge in [0.15, 0.2) is 0 Å². The van der Waals surface area contributed by atoms with Gasteiger partial charge in [-0.25, -0.2) is 8.42 Å². The number of halogens is 1. The summed E-state index contributed by atoms with van der Waals surface area (Å²) >= 11 is 3.35. The zero-order valence-electron chi connectivity index (χ0n) is 10.1. The number of aromatic nitrogens is 1. The van der Waals surface area contributed by atoms with Crippen LogP contribution in [-0.4, -0.2) is 13.4 Å². The van der Waals surface area contributed by atoms with Gasteiger partial charge < -0.3 is 5.73 Å². The molecular formula is C12H12BrN3O2S. The third kappa shape index (κ3) is 2.87. The fourth-order valence-corrected chi connectivity index (χ4v) is 3.10.